The molecule has 0 unspecified atom stereocenters. The Balaban J connectivity index is 2.31. The van der Waals surface area contributed by atoms with E-state index in [0.717, 1.165) is 4.47 Å². The Morgan fingerprint density at radius 3 is 2.33 bits per heavy atom. The molecule has 1 heterocycles. The van der Waals surface area contributed by atoms with E-state index in [4.69, 9.17) is 11.5 Å². The van der Waals surface area contributed by atoms with Crippen molar-refractivity contribution in [3.05, 3.63) is 34.4 Å². The molecule has 0 bridgehead atoms. The maximum atomic E-state index is 5.72. The van der Waals surface area contributed by atoms with Crippen molar-refractivity contribution in [3.8, 4) is 0 Å². The number of halogens is 1. The predicted octanol–water partition coefficient (Wildman–Crippen LogP) is 3.13. The third-order valence-electron chi connectivity index (χ3n) is 2.19. The van der Waals surface area contributed by atoms with Gasteiger partial charge in [0.15, 0.2) is 5.82 Å². The van der Waals surface area contributed by atoms with E-state index in [1.54, 1.807) is 6.92 Å². The van der Waals surface area contributed by atoms with Crippen LogP contribution in [0.2, 0.25) is 0 Å². The molecule has 0 amide bonds. The van der Waals surface area contributed by atoms with Crippen LogP contribution in [0, 0.1) is 6.92 Å². The minimum absolute atomic E-state index is 0.132. The lowest BCUT2D eigenvalue weighted by Gasteiger charge is -2.02. The van der Waals surface area contributed by atoms with Gasteiger partial charge in [-0.15, -0.1) is 5.11 Å². The van der Waals surface area contributed by atoms with Crippen molar-refractivity contribution in [2.45, 2.75) is 6.92 Å². The van der Waals surface area contributed by atoms with Gasteiger partial charge < -0.3 is 11.5 Å². The predicted molar refractivity (Wildman–Crippen MR) is 73.9 cm³/mol. The summed E-state index contributed by atoms with van der Waals surface area (Å²) in [6.07, 6.45) is 0. The molecule has 0 aliphatic rings. The van der Waals surface area contributed by atoms with Gasteiger partial charge in [-0.3, -0.25) is 0 Å². The van der Waals surface area contributed by atoms with E-state index in [-0.39, 0.29) is 11.8 Å². The molecule has 6 nitrogen and oxygen atoms in total. The number of azo groups is 1. The second-order valence-corrected chi connectivity index (χ2v) is 4.49. The Hall–Kier alpha value is -2.02. The van der Waals surface area contributed by atoms with Crippen LogP contribution in [0.25, 0.3) is 0 Å². The summed E-state index contributed by atoms with van der Waals surface area (Å²) in [5.74, 6) is 0.355. The summed E-state index contributed by atoms with van der Waals surface area (Å²) >= 11 is 3.35. The minimum Gasteiger partial charge on any atom is -0.382 e. The van der Waals surface area contributed by atoms with E-state index in [1.165, 1.54) is 0 Å². The summed E-state index contributed by atoms with van der Waals surface area (Å²) in [5.41, 5.74) is 12.9. The van der Waals surface area contributed by atoms with Crippen LogP contribution >= 0.6 is 15.9 Å². The average molecular weight is 307 g/mol. The molecule has 4 N–H and O–H groups in total. The molecule has 0 radical (unpaired) electrons. The lowest BCUT2D eigenvalue weighted by Crippen LogP contribution is -2.01. The third kappa shape index (κ3) is 2.80. The fourth-order valence-corrected chi connectivity index (χ4v) is 1.61. The molecule has 0 fully saturated rings. The van der Waals surface area contributed by atoms with E-state index in [0.29, 0.717) is 17.1 Å². The molecule has 1 aromatic carbocycles. The maximum absolute atomic E-state index is 5.72. The van der Waals surface area contributed by atoms with Crippen molar-refractivity contribution in [1.82, 2.24) is 9.97 Å². The largest absolute Gasteiger partial charge is 0.382 e. The van der Waals surface area contributed by atoms with Crippen LogP contribution in [-0.2, 0) is 0 Å². The number of aryl methyl sites for hydroxylation is 1. The summed E-state index contributed by atoms with van der Waals surface area (Å²) in [4.78, 5) is 7.83. The van der Waals surface area contributed by atoms with Crippen molar-refractivity contribution < 1.29 is 0 Å². The van der Waals surface area contributed by atoms with Gasteiger partial charge in [0, 0.05) is 4.47 Å². The monoisotopic (exact) mass is 306 g/mol. The van der Waals surface area contributed by atoms with Crippen molar-refractivity contribution in [3.63, 3.8) is 0 Å². The first-order valence-corrected chi connectivity index (χ1v) is 5.92. The first kappa shape index (κ1) is 12.4. The van der Waals surface area contributed by atoms with Crippen molar-refractivity contribution in [2.75, 3.05) is 11.5 Å². The lowest BCUT2D eigenvalue weighted by molar-refractivity contribution is 1.09. The van der Waals surface area contributed by atoms with Crippen molar-refractivity contribution in [2.24, 2.45) is 10.2 Å². The molecule has 0 spiro atoms. The summed E-state index contributed by atoms with van der Waals surface area (Å²) in [7, 11) is 0. The SMILES string of the molecule is Cc1nc(N)nc(N)c1N=Nc1ccc(Br)cc1. The number of hydrogen-bond donors (Lipinski definition) is 2. The molecule has 1 aromatic heterocycles. The zero-order valence-corrected chi connectivity index (χ0v) is 11.2. The number of nitrogen functional groups attached to an aromatic ring is 2. The lowest BCUT2D eigenvalue weighted by atomic mass is 10.3. The standard InChI is InChI=1S/C11H11BrN6/c1-6-9(10(13)16-11(14)15-6)18-17-8-4-2-7(12)3-5-8/h2-5H,1H3,(H4,13,14,15,16). The van der Waals surface area contributed by atoms with Gasteiger partial charge in [-0.1, -0.05) is 15.9 Å². The number of aromatic nitrogens is 2. The molecule has 0 saturated heterocycles. The fraction of sp³-hybridized carbons (Fsp3) is 0.0909. The molecular weight excluding hydrogens is 296 g/mol. The Morgan fingerprint density at radius 1 is 1.06 bits per heavy atom. The second kappa shape index (κ2) is 5.09. The van der Waals surface area contributed by atoms with Gasteiger partial charge in [0.05, 0.1) is 11.4 Å². The number of rotatable bonds is 2. The Labute approximate surface area is 112 Å². The first-order valence-electron chi connectivity index (χ1n) is 5.13. The quantitative estimate of drug-likeness (QED) is 0.832. The molecule has 0 saturated carbocycles. The van der Waals surface area contributed by atoms with Gasteiger partial charge in [-0.25, -0.2) is 4.98 Å². The van der Waals surface area contributed by atoms with Gasteiger partial charge >= 0.3 is 0 Å². The van der Waals surface area contributed by atoms with Gasteiger partial charge in [-0.05, 0) is 31.2 Å². The van der Waals surface area contributed by atoms with Crippen LogP contribution in [0.4, 0.5) is 23.1 Å². The van der Waals surface area contributed by atoms with Crippen LogP contribution in [0.5, 0.6) is 0 Å². The average Bonchev–Trinajstić information content (AvgIpc) is 2.30. The van der Waals surface area contributed by atoms with Gasteiger partial charge in [-0.2, -0.15) is 10.1 Å². The van der Waals surface area contributed by atoms with Crippen LogP contribution in [-0.4, -0.2) is 9.97 Å². The Kier molecular flexibility index (Phi) is 3.52. The molecule has 7 heteroatoms. The zero-order valence-electron chi connectivity index (χ0n) is 9.63. The minimum atomic E-state index is 0.132. The highest BCUT2D eigenvalue weighted by molar-refractivity contribution is 9.10. The number of hydrogen-bond acceptors (Lipinski definition) is 6. The Bertz CT molecular complexity index is 570. The van der Waals surface area contributed by atoms with Crippen molar-refractivity contribution >= 4 is 39.1 Å². The first-order chi connectivity index (χ1) is 8.56. The zero-order chi connectivity index (χ0) is 13.1. The summed E-state index contributed by atoms with van der Waals surface area (Å²) < 4.78 is 0.980. The van der Waals surface area contributed by atoms with Gasteiger partial charge in [0.25, 0.3) is 0 Å². The second-order valence-electron chi connectivity index (χ2n) is 3.58. The van der Waals surface area contributed by atoms with E-state index in [9.17, 15) is 0 Å². The van der Waals surface area contributed by atoms with Crippen LogP contribution in [0.15, 0.2) is 39.0 Å². The summed E-state index contributed by atoms with van der Waals surface area (Å²) in [6, 6.07) is 7.42. The van der Waals surface area contributed by atoms with E-state index >= 15 is 0 Å². The molecule has 0 aliphatic carbocycles. The van der Waals surface area contributed by atoms with Crippen LogP contribution in [0.3, 0.4) is 0 Å². The molecule has 18 heavy (non-hydrogen) atoms. The molecule has 2 aromatic rings. The molecule has 0 atom stereocenters. The van der Waals surface area contributed by atoms with Gasteiger partial charge in [0.2, 0.25) is 5.95 Å². The maximum Gasteiger partial charge on any atom is 0.222 e. The number of benzene rings is 1. The molecule has 92 valence electrons. The normalized spacial score (nSPS) is 11.0. The van der Waals surface area contributed by atoms with E-state index < -0.39 is 0 Å². The highest BCUT2D eigenvalue weighted by Crippen LogP contribution is 2.26. The molecule has 0 aliphatic heterocycles. The van der Waals surface area contributed by atoms with Crippen molar-refractivity contribution in [1.29, 1.82) is 0 Å². The topological polar surface area (TPSA) is 103 Å². The third-order valence-corrected chi connectivity index (χ3v) is 2.72. The van der Waals surface area contributed by atoms with Crippen LogP contribution in [0.1, 0.15) is 5.69 Å². The smallest absolute Gasteiger partial charge is 0.222 e. The van der Waals surface area contributed by atoms with Gasteiger partial charge in [0.1, 0.15) is 5.69 Å². The highest BCUT2D eigenvalue weighted by atomic mass is 79.9. The Morgan fingerprint density at radius 2 is 1.72 bits per heavy atom. The number of nitrogens with zero attached hydrogens (tertiary/aromatic N) is 4. The number of anilines is 2. The highest BCUT2D eigenvalue weighted by Gasteiger charge is 2.06. The van der Waals surface area contributed by atoms with E-state index in [2.05, 4.69) is 36.1 Å². The molecular formula is C11H11BrN6. The number of nitrogens with two attached hydrogens (primary N) is 2. The van der Waals surface area contributed by atoms with Crippen LogP contribution < -0.4 is 11.5 Å². The summed E-state index contributed by atoms with van der Waals surface area (Å²) in [6.45, 7) is 1.75. The molecule has 2 rings (SSSR count). The summed E-state index contributed by atoms with van der Waals surface area (Å²) in [5, 5.41) is 8.12. The fourth-order valence-electron chi connectivity index (χ4n) is 1.35. The van der Waals surface area contributed by atoms with E-state index in [1.807, 2.05) is 24.3 Å².